The largest absolute Gasteiger partial charge is 0.392 e. The van der Waals surface area contributed by atoms with E-state index in [1.165, 1.54) is 5.56 Å². The smallest absolute Gasteiger partial charge is 0.0678 e. The van der Waals surface area contributed by atoms with Crippen molar-refractivity contribution in [3.8, 4) is 0 Å². The Morgan fingerprint density at radius 2 is 2.06 bits per heavy atom. The zero-order valence-corrected chi connectivity index (χ0v) is 11.4. The summed E-state index contributed by atoms with van der Waals surface area (Å²) in [7, 11) is 0. The van der Waals surface area contributed by atoms with Gasteiger partial charge in [0.2, 0.25) is 0 Å². The van der Waals surface area contributed by atoms with E-state index < -0.39 is 0 Å². The van der Waals surface area contributed by atoms with Gasteiger partial charge in [0, 0.05) is 18.4 Å². The van der Waals surface area contributed by atoms with E-state index >= 15 is 0 Å². The minimum atomic E-state index is -0.179. The minimum absolute atomic E-state index is 0.0211. The molecule has 0 radical (unpaired) electrons. The Hall–Kier alpha value is -0.860. The molecule has 0 amide bonds. The molecule has 0 aromatic heterocycles. The van der Waals surface area contributed by atoms with Crippen molar-refractivity contribution in [2.45, 2.75) is 51.7 Å². The van der Waals surface area contributed by atoms with Gasteiger partial charge in [-0.15, -0.1) is 0 Å². The van der Waals surface area contributed by atoms with Crippen molar-refractivity contribution >= 4 is 0 Å². The Kier molecular flexibility index (Phi) is 4.41. The molecule has 2 rings (SSSR count). The molecule has 1 fully saturated rings. The van der Waals surface area contributed by atoms with Crippen molar-refractivity contribution in [3.63, 3.8) is 0 Å². The lowest BCUT2D eigenvalue weighted by Gasteiger charge is -2.50. The number of hydrogen-bond donors (Lipinski definition) is 1. The highest BCUT2D eigenvalue weighted by Crippen LogP contribution is 2.45. The van der Waals surface area contributed by atoms with Crippen LogP contribution in [0.15, 0.2) is 30.3 Å². The highest BCUT2D eigenvalue weighted by Gasteiger charge is 2.50. The maximum absolute atomic E-state index is 9.79. The summed E-state index contributed by atoms with van der Waals surface area (Å²) >= 11 is 0. The second kappa shape index (κ2) is 5.85. The van der Waals surface area contributed by atoms with Gasteiger partial charge in [-0.2, -0.15) is 0 Å². The average molecular weight is 248 g/mol. The van der Waals surface area contributed by atoms with Crippen LogP contribution in [0.5, 0.6) is 0 Å². The third kappa shape index (κ3) is 2.76. The first-order chi connectivity index (χ1) is 8.66. The van der Waals surface area contributed by atoms with E-state index in [0.717, 1.165) is 32.3 Å². The van der Waals surface area contributed by atoms with Crippen molar-refractivity contribution in [3.05, 3.63) is 35.9 Å². The summed E-state index contributed by atoms with van der Waals surface area (Å²) in [5.41, 5.74) is 1.35. The molecule has 100 valence electrons. The van der Waals surface area contributed by atoms with E-state index in [1.807, 2.05) is 6.07 Å². The van der Waals surface area contributed by atoms with Gasteiger partial charge in [0.15, 0.2) is 0 Å². The summed E-state index contributed by atoms with van der Waals surface area (Å²) in [5.74, 6) is 0. The highest BCUT2D eigenvalue weighted by molar-refractivity contribution is 5.14. The van der Waals surface area contributed by atoms with Crippen LogP contribution in [0.3, 0.4) is 0 Å². The van der Waals surface area contributed by atoms with Crippen LogP contribution in [0.1, 0.15) is 38.7 Å². The first kappa shape index (κ1) is 13.6. The molecule has 2 nitrogen and oxygen atoms in total. The third-order valence-corrected chi connectivity index (χ3v) is 4.47. The van der Waals surface area contributed by atoms with Gasteiger partial charge in [-0.1, -0.05) is 44.2 Å². The number of aliphatic hydroxyl groups excluding tert-OH is 1. The summed E-state index contributed by atoms with van der Waals surface area (Å²) in [6, 6.07) is 10.5. The fourth-order valence-corrected chi connectivity index (χ4v) is 2.66. The number of rotatable bonds is 6. The van der Waals surface area contributed by atoms with Crippen LogP contribution in [0.4, 0.5) is 0 Å². The number of aliphatic hydroxyl groups is 1. The van der Waals surface area contributed by atoms with E-state index in [4.69, 9.17) is 4.74 Å². The zero-order valence-electron chi connectivity index (χ0n) is 11.4. The van der Waals surface area contributed by atoms with E-state index in [1.54, 1.807) is 0 Å². The van der Waals surface area contributed by atoms with E-state index in [9.17, 15) is 5.11 Å². The van der Waals surface area contributed by atoms with Crippen LogP contribution in [-0.2, 0) is 11.2 Å². The predicted octanol–water partition coefficient (Wildman–Crippen LogP) is 3.19. The van der Waals surface area contributed by atoms with Crippen LogP contribution in [0, 0.1) is 5.41 Å². The standard InChI is InChI=1S/C16H24O2/c1-3-16(2)14(17)12-15(16)18-11-7-10-13-8-5-4-6-9-13/h4-6,8-9,14-15,17H,3,7,10-12H2,1-2H3. The summed E-state index contributed by atoms with van der Waals surface area (Å²) in [4.78, 5) is 0. The molecule has 1 saturated carbocycles. The fraction of sp³-hybridized carbons (Fsp3) is 0.625. The molecule has 0 bridgehead atoms. The molecule has 1 aromatic rings. The predicted molar refractivity (Wildman–Crippen MR) is 73.5 cm³/mol. The fourth-order valence-electron chi connectivity index (χ4n) is 2.66. The first-order valence-electron chi connectivity index (χ1n) is 7.00. The van der Waals surface area contributed by atoms with Crippen molar-refractivity contribution < 1.29 is 9.84 Å². The van der Waals surface area contributed by atoms with Crippen LogP contribution in [-0.4, -0.2) is 23.9 Å². The van der Waals surface area contributed by atoms with Crippen LogP contribution >= 0.6 is 0 Å². The maximum atomic E-state index is 9.79. The van der Waals surface area contributed by atoms with E-state index in [2.05, 4.69) is 38.1 Å². The Morgan fingerprint density at radius 1 is 1.33 bits per heavy atom. The molecular weight excluding hydrogens is 224 g/mol. The average Bonchev–Trinajstić information content (AvgIpc) is 2.42. The Labute approximate surface area is 110 Å². The molecule has 0 heterocycles. The number of aryl methyl sites for hydroxylation is 1. The van der Waals surface area contributed by atoms with Gasteiger partial charge in [-0.3, -0.25) is 0 Å². The third-order valence-electron chi connectivity index (χ3n) is 4.47. The molecule has 1 aliphatic carbocycles. The number of benzene rings is 1. The maximum Gasteiger partial charge on any atom is 0.0678 e. The summed E-state index contributed by atoms with van der Waals surface area (Å²) in [6.45, 7) is 5.05. The lowest BCUT2D eigenvalue weighted by Crippen LogP contribution is -2.56. The van der Waals surface area contributed by atoms with Gasteiger partial charge in [0.1, 0.15) is 0 Å². The number of hydrogen-bond acceptors (Lipinski definition) is 2. The summed E-state index contributed by atoms with van der Waals surface area (Å²) < 4.78 is 5.92. The molecule has 0 saturated heterocycles. The Bertz CT molecular complexity index is 363. The van der Waals surface area contributed by atoms with Crippen LogP contribution in [0.2, 0.25) is 0 Å². The molecule has 1 aromatic carbocycles. The highest BCUT2D eigenvalue weighted by atomic mass is 16.5. The van der Waals surface area contributed by atoms with Crippen molar-refractivity contribution in [1.29, 1.82) is 0 Å². The Morgan fingerprint density at radius 3 is 2.67 bits per heavy atom. The van der Waals surface area contributed by atoms with Gasteiger partial charge in [-0.05, 0) is 24.8 Å². The quantitative estimate of drug-likeness (QED) is 0.783. The van der Waals surface area contributed by atoms with Gasteiger partial charge in [0.25, 0.3) is 0 Å². The molecule has 3 unspecified atom stereocenters. The van der Waals surface area contributed by atoms with Crippen LogP contribution in [0.25, 0.3) is 0 Å². The van der Waals surface area contributed by atoms with Crippen molar-refractivity contribution in [2.75, 3.05) is 6.61 Å². The molecule has 1 N–H and O–H groups in total. The van der Waals surface area contributed by atoms with Gasteiger partial charge in [0.05, 0.1) is 12.2 Å². The van der Waals surface area contributed by atoms with Gasteiger partial charge >= 0.3 is 0 Å². The first-order valence-corrected chi connectivity index (χ1v) is 7.00. The summed E-state index contributed by atoms with van der Waals surface area (Å²) in [5, 5.41) is 9.79. The lowest BCUT2D eigenvalue weighted by atomic mass is 9.63. The zero-order chi connectivity index (χ0) is 13.0. The van der Waals surface area contributed by atoms with E-state index in [-0.39, 0.29) is 17.6 Å². The second-order valence-corrected chi connectivity index (χ2v) is 5.56. The molecule has 3 atom stereocenters. The molecular formula is C16H24O2. The van der Waals surface area contributed by atoms with Crippen molar-refractivity contribution in [1.82, 2.24) is 0 Å². The molecule has 1 aliphatic rings. The number of ether oxygens (including phenoxy) is 1. The Balaban J connectivity index is 1.68. The molecule has 18 heavy (non-hydrogen) atoms. The minimum Gasteiger partial charge on any atom is -0.392 e. The molecule has 0 aliphatic heterocycles. The normalized spacial score (nSPS) is 31.1. The monoisotopic (exact) mass is 248 g/mol. The lowest BCUT2D eigenvalue weighted by molar-refractivity contribution is -0.185. The van der Waals surface area contributed by atoms with Gasteiger partial charge in [-0.25, -0.2) is 0 Å². The SMILES string of the molecule is CCC1(C)C(O)CC1OCCCc1ccccc1. The summed E-state index contributed by atoms with van der Waals surface area (Å²) in [6.07, 6.45) is 3.97. The van der Waals surface area contributed by atoms with Crippen molar-refractivity contribution in [2.24, 2.45) is 5.41 Å². The molecule has 2 heteroatoms. The second-order valence-electron chi connectivity index (χ2n) is 5.56. The van der Waals surface area contributed by atoms with E-state index in [0.29, 0.717) is 0 Å². The van der Waals surface area contributed by atoms with Crippen LogP contribution < -0.4 is 0 Å². The topological polar surface area (TPSA) is 29.5 Å². The van der Waals surface area contributed by atoms with Gasteiger partial charge < -0.3 is 9.84 Å². The molecule has 0 spiro atoms.